The number of pyridine rings is 1. The predicted octanol–water partition coefficient (Wildman–Crippen LogP) is 1.06. The molecule has 0 unspecified atom stereocenters. The number of thioether (sulfide) groups is 1. The lowest BCUT2D eigenvalue weighted by Crippen LogP contribution is -2.38. The number of aliphatic hydroxyl groups is 1. The highest BCUT2D eigenvalue weighted by atomic mass is 32.2. The lowest BCUT2D eigenvalue weighted by atomic mass is 10.1. The Balaban J connectivity index is 2.26. The standard InChI is InChI=1S/C11H16N2O2S/c1-11(2,15)8-13-10(14)7-16-9-3-5-12-6-4-9/h3-6,15H,7-8H2,1-2H3,(H,13,14). The summed E-state index contributed by atoms with van der Waals surface area (Å²) in [5, 5.41) is 12.1. The summed E-state index contributed by atoms with van der Waals surface area (Å²) in [5.41, 5.74) is -0.864. The van der Waals surface area contributed by atoms with Crippen LogP contribution < -0.4 is 5.32 Å². The van der Waals surface area contributed by atoms with E-state index in [1.807, 2.05) is 12.1 Å². The average Bonchev–Trinajstić information content (AvgIpc) is 2.24. The molecule has 0 spiro atoms. The molecule has 0 aliphatic carbocycles. The minimum atomic E-state index is -0.864. The van der Waals surface area contributed by atoms with Crippen LogP contribution in [-0.2, 0) is 4.79 Å². The molecular weight excluding hydrogens is 224 g/mol. The van der Waals surface area contributed by atoms with Gasteiger partial charge in [0.15, 0.2) is 0 Å². The largest absolute Gasteiger partial charge is 0.389 e. The molecule has 0 saturated carbocycles. The van der Waals surface area contributed by atoms with Crippen molar-refractivity contribution in [2.45, 2.75) is 24.3 Å². The Kier molecular flexibility index (Phi) is 4.76. The molecule has 0 bridgehead atoms. The normalized spacial score (nSPS) is 11.2. The molecule has 0 radical (unpaired) electrons. The summed E-state index contributed by atoms with van der Waals surface area (Å²) in [4.78, 5) is 16.3. The van der Waals surface area contributed by atoms with Gasteiger partial charge in [0.25, 0.3) is 0 Å². The highest BCUT2D eigenvalue weighted by molar-refractivity contribution is 8.00. The van der Waals surface area contributed by atoms with Gasteiger partial charge in [-0.2, -0.15) is 0 Å². The zero-order valence-corrected chi connectivity index (χ0v) is 10.3. The number of hydrogen-bond acceptors (Lipinski definition) is 4. The van der Waals surface area contributed by atoms with Gasteiger partial charge < -0.3 is 10.4 Å². The number of carbonyl (C=O) groups excluding carboxylic acids is 1. The van der Waals surface area contributed by atoms with Gasteiger partial charge in [0.05, 0.1) is 11.4 Å². The van der Waals surface area contributed by atoms with Gasteiger partial charge in [-0.25, -0.2) is 0 Å². The van der Waals surface area contributed by atoms with E-state index in [0.29, 0.717) is 5.75 Å². The fourth-order valence-corrected chi connectivity index (χ4v) is 1.66. The van der Waals surface area contributed by atoms with Gasteiger partial charge in [-0.15, -0.1) is 11.8 Å². The van der Waals surface area contributed by atoms with Crippen LogP contribution in [0.1, 0.15) is 13.8 Å². The van der Waals surface area contributed by atoms with Crippen molar-refractivity contribution >= 4 is 17.7 Å². The molecule has 0 aliphatic heterocycles. The van der Waals surface area contributed by atoms with Gasteiger partial charge in [-0.1, -0.05) is 0 Å². The van der Waals surface area contributed by atoms with Crippen molar-refractivity contribution in [1.29, 1.82) is 0 Å². The Morgan fingerprint density at radius 1 is 1.50 bits per heavy atom. The maximum absolute atomic E-state index is 11.4. The third-order valence-electron chi connectivity index (χ3n) is 1.74. The summed E-state index contributed by atoms with van der Waals surface area (Å²) < 4.78 is 0. The number of rotatable bonds is 5. The number of nitrogens with one attached hydrogen (secondary N) is 1. The molecule has 1 aromatic rings. The van der Waals surface area contributed by atoms with Crippen LogP contribution in [0.25, 0.3) is 0 Å². The molecule has 0 aliphatic rings. The first-order chi connectivity index (χ1) is 7.47. The molecule has 4 nitrogen and oxygen atoms in total. The minimum Gasteiger partial charge on any atom is -0.389 e. The minimum absolute atomic E-state index is 0.0797. The number of carbonyl (C=O) groups is 1. The van der Waals surface area contributed by atoms with Crippen LogP contribution >= 0.6 is 11.8 Å². The Morgan fingerprint density at radius 2 is 2.12 bits per heavy atom. The Hall–Kier alpha value is -1.07. The smallest absolute Gasteiger partial charge is 0.230 e. The van der Waals surface area contributed by atoms with E-state index in [4.69, 9.17) is 0 Å². The molecule has 88 valence electrons. The summed E-state index contributed by atoms with van der Waals surface area (Å²) in [5.74, 6) is 0.268. The van der Waals surface area contributed by atoms with Crippen molar-refractivity contribution in [3.63, 3.8) is 0 Å². The molecule has 1 amide bonds. The van der Waals surface area contributed by atoms with Crippen molar-refractivity contribution < 1.29 is 9.90 Å². The third kappa shape index (κ3) is 5.72. The maximum atomic E-state index is 11.4. The lowest BCUT2D eigenvalue weighted by molar-refractivity contribution is -0.119. The van der Waals surface area contributed by atoms with Crippen LogP contribution in [0.15, 0.2) is 29.4 Å². The van der Waals surface area contributed by atoms with Crippen molar-refractivity contribution in [2.24, 2.45) is 0 Å². The number of amides is 1. The molecule has 0 saturated heterocycles. The van der Waals surface area contributed by atoms with Crippen LogP contribution in [0.2, 0.25) is 0 Å². The van der Waals surface area contributed by atoms with Gasteiger partial charge in [-0.3, -0.25) is 9.78 Å². The van der Waals surface area contributed by atoms with Crippen LogP contribution in [0.3, 0.4) is 0 Å². The van der Waals surface area contributed by atoms with E-state index in [1.54, 1.807) is 26.2 Å². The molecule has 0 aromatic carbocycles. The first-order valence-corrected chi connectivity index (χ1v) is 5.98. The van der Waals surface area contributed by atoms with Gasteiger partial charge in [-0.05, 0) is 26.0 Å². The van der Waals surface area contributed by atoms with Gasteiger partial charge >= 0.3 is 0 Å². The first kappa shape index (κ1) is 13.0. The zero-order valence-electron chi connectivity index (χ0n) is 9.43. The van der Waals surface area contributed by atoms with E-state index in [2.05, 4.69) is 10.3 Å². The molecule has 2 N–H and O–H groups in total. The summed E-state index contributed by atoms with van der Waals surface area (Å²) in [6.07, 6.45) is 3.38. The molecule has 1 heterocycles. The molecule has 1 aromatic heterocycles. The Bertz CT molecular complexity index is 336. The van der Waals surface area contributed by atoms with E-state index in [0.717, 1.165) is 4.90 Å². The van der Waals surface area contributed by atoms with Crippen LogP contribution in [0, 0.1) is 0 Å². The Labute approximate surface area is 99.5 Å². The van der Waals surface area contributed by atoms with Crippen molar-refractivity contribution in [3.05, 3.63) is 24.5 Å². The lowest BCUT2D eigenvalue weighted by Gasteiger charge is -2.17. The molecule has 0 fully saturated rings. The maximum Gasteiger partial charge on any atom is 0.230 e. The van der Waals surface area contributed by atoms with Crippen molar-refractivity contribution in [1.82, 2.24) is 10.3 Å². The predicted molar refractivity (Wildman–Crippen MR) is 64.3 cm³/mol. The molecule has 0 atom stereocenters. The van der Waals surface area contributed by atoms with Crippen molar-refractivity contribution in [3.8, 4) is 0 Å². The molecule has 5 heteroatoms. The third-order valence-corrected chi connectivity index (χ3v) is 2.75. The van der Waals surface area contributed by atoms with E-state index in [-0.39, 0.29) is 12.5 Å². The number of nitrogens with zero attached hydrogens (tertiary/aromatic N) is 1. The van der Waals surface area contributed by atoms with E-state index in [9.17, 15) is 9.90 Å². The van der Waals surface area contributed by atoms with E-state index >= 15 is 0 Å². The second kappa shape index (κ2) is 5.86. The fourth-order valence-electron chi connectivity index (χ4n) is 0.949. The fraction of sp³-hybridized carbons (Fsp3) is 0.455. The van der Waals surface area contributed by atoms with Gasteiger partial charge in [0.2, 0.25) is 5.91 Å². The average molecular weight is 240 g/mol. The van der Waals surface area contributed by atoms with Crippen LogP contribution in [-0.4, -0.2) is 33.9 Å². The summed E-state index contributed by atoms with van der Waals surface area (Å²) in [7, 11) is 0. The van der Waals surface area contributed by atoms with Gasteiger partial charge in [0, 0.05) is 23.8 Å². The van der Waals surface area contributed by atoms with E-state index < -0.39 is 5.60 Å². The molecular formula is C11H16N2O2S. The second-order valence-electron chi connectivity index (χ2n) is 4.06. The second-order valence-corrected chi connectivity index (χ2v) is 5.11. The Morgan fingerprint density at radius 3 is 2.69 bits per heavy atom. The highest BCUT2D eigenvalue weighted by Crippen LogP contribution is 2.15. The molecule has 1 rings (SSSR count). The SMILES string of the molecule is CC(C)(O)CNC(=O)CSc1ccncc1. The van der Waals surface area contributed by atoms with Gasteiger partial charge in [0.1, 0.15) is 0 Å². The van der Waals surface area contributed by atoms with Crippen molar-refractivity contribution in [2.75, 3.05) is 12.3 Å². The molecule has 16 heavy (non-hydrogen) atoms. The van der Waals surface area contributed by atoms with Crippen LogP contribution in [0.5, 0.6) is 0 Å². The topological polar surface area (TPSA) is 62.2 Å². The highest BCUT2D eigenvalue weighted by Gasteiger charge is 2.13. The van der Waals surface area contributed by atoms with Crippen LogP contribution in [0.4, 0.5) is 0 Å². The summed E-state index contributed by atoms with van der Waals surface area (Å²) in [6, 6.07) is 3.71. The number of aromatic nitrogens is 1. The monoisotopic (exact) mass is 240 g/mol. The quantitative estimate of drug-likeness (QED) is 0.755. The summed E-state index contributed by atoms with van der Waals surface area (Å²) >= 11 is 1.45. The van der Waals surface area contributed by atoms with E-state index in [1.165, 1.54) is 11.8 Å². The first-order valence-electron chi connectivity index (χ1n) is 4.99. The zero-order chi connectivity index (χ0) is 12.0. The summed E-state index contributed by atoms with van der Waals surface area (Å²) in [6.45, 7) is 3.58. The number of hydrogen-bond donors (Lipinski definition) is 2.